The Hall–Kier alpha value is -2.76. The van der Waals surface area contributed by atoms with E-state index in [1.165, 1.54) is 11.6 Å². The number of hydrogen-bond acceptors (Lipinski definition) is 2. The lowest BCUT2D eigenvalue weighted by Gasteiger charge is -2.14. The van der Waals surface area contributed by atoms with Crippen LogP contribution in [0, 0.1) is 0 Å². The molecule has 7 heteroatoms. The number of benzene rings is 2. The summed E-state index contributed by atoms with van der Waals surface area (Å²) in [4.78, 5) is 25.6. The van der Waals surface area contributed by atoms with Crippen LogP contribution in [0.2, 0.25) is 10.0 Å². The maximum atomic E-state index is 13.1. The highest BCUT2D eigenvalue weighted by Crippen LogP contribution is 2.37. The van der Waals surface area contributed by atoms with Crippen molar-refractivity contribution in [3.05, 3.63) is 85.1 Å². The number of fused-ring (bicyclic) bond motifs is 1. The molecule has 0 bridgehead atoms. The van der Waals surface area contributed by atoms with E-state index in [-0.39, 0.29) is 11.2 Å². The monoisotopic (exact) mass is 427 g/mol. The molecule has 0 spiro atoms. The van der Waals surface area contributed by atoms with Crippen LogP contribution in [0.3, 0.4) is 0 Å². The molecule has 0 N–H and O–H groups in total. The molecule has 0 unspecified atom stereocenters. The van der Waals surface area contributed by atoms with Gasteiger partial charge in [0.05, 0.1) is 21.6 Å². The van der Waals surface area contributed by atoms with Crippen LogP contribution in [0.1, 0.15) is 12.5 Å². The predicted molar refractivity (Wildman–Crippen MR) is 119 cm³/mol. The van der Waals surface area contributed by atoms with Crippen LogP contribution in [0.25, 0.3) is 27.8 Å². The van der Waals surface area contributed by atoms with Gasteiger partial charge in [-0.1, -0.05) is 48.3 Å². The van der Waals surface area contributed by atoms with E-state index in [1.54, 1.807) is 25.2 Å². The Morgan fingerprint density at radius 3 is 2.38 bits per heavy atom. The number of para-hydroxylation sites is 1. The highest BCUT2D eigenvalue weighted by atomic mass is 35.5. The van der Waals surface area contributed by atoms with Gasteiger partial charge >= 0.3 is 5.69 Å². The van der Waals surface area contributed by atoms with Gasteiger partial charge in [0.25, 0.3) is 5.56 Å². The molecule has 148 valence electrons. The molecule has 0 fully saturated rings. The summed E-state index contributed by atoms with van der Waals surface area (Å²) < 4.78 is 4.54. The highest BCUT2D eigenvalue weighted by Gasteiger charge is 2.22. The fourth-order valence-electron chi connectivity index (χ4n) is 3.72. The van der Waals surface area contributed by atoms with Gasteiger partial charge in [0.2, 0.25) is 0 Å². The van der Waals surface area contributed by atoms with E-state index >= 15 is 0 Å². The molecular formula is C22H19Cl2N3O2. The van der Waals surface area contributed by atoms with E-state index in [2.05, 4.69) is 6.92 Å². The van der Waals surface area contributed by atoms with Gasteiger partial charge in [-0.05, 0) is 36.2 Å². The third kappa shape index (κ3) is 3.02. The maximum absolute atomic E-state index is 13.1. The van der Waals surface area contributed by atoms with Crippen LogP contribution in [0.15, 0.2) is 58.3 Å². The smallest absolute Gasteiger partial charge is 0.313 e. The summed E-state index contributed by atoms with van der Waals surface area (Å²) in [5.41, 5.74) is 3.16. The summed E-state index contributed by atoms with van der Waals surface area (Å²) >= 11 is 12.6. The number of hydrogen-bond donors (Lipinski definition) is 0. The number of halogens is 2. The van der Waals surface area contributed by atoms with E-state index in [0.29, 0.717) is 32.2 Å². The minimum atomic E-state index is -0.378. The van der Waals surface area contributed by atoms with Gasteiger partial charge in [0.1, 0.15) is 0 Å². The second-order valence-corrected chi connectivity index (χ2v) is 7.76. The summed E-state index contributed by atoms with van der Waals surface area (Å²) in [5, 5.41) is 1.38. The van der Waals surface area contributed by atoms with Gasteiger partial charge in [0, 0.05) is 36.6 Å². The zero-order valence-electron chi connectivity index (χ0n) is 16.2. The maximum Gasteiger partial charge on any atom is 0.330 e. The van der Waals surface area contributed by atoms with Gasteiger partial charge in [-0.25, -0.2) is 4.79 Å². The Morgan fingerprint density at radius 1 is 0.966 bits per heavy atom. The lowest BCUT2D eigenvalue weighted by molar-refractivity contribution is 0.714. The molecule has 2 aromatic heterocycles. The van der Waals surface area contributed by atoms with Crippen LogP contribution in [-0.4, -0.2) is 13.7 Å². The molecule has 4 rings (SSSR count). The summed E-state index contributed by atoms with van der Waals surface area (Å²) in [5.74, 6) is 0. The molecule has 0 aliphatic carbocycles. The molecule has 0 atom stereocenters. The fraction of sp³-hybridized carbons (Fsp3) is 0.182. The van der Waals surface area contributed by atoms with Gasteiger partial charge in [-0.15, -0.1) is 0 Å². The molecule has 5 nitrogen and oxygen atoms in total. The first-order valence-electron chi connectivity index (χ1n) is 9.20. The third-order valence-electron chi connectivity index (χ3n) is 5.26. The standard InChI is InChI=1S/C22H19Cl2N3O2/c1-4-13-7-5-6-8-17(13)27-12-18-19(21(28)26(3)22(29)25(18)2)20(27)15-10-9-14(23)11-16(15)24/h5-12H,4H2,1-3H3. The molecule has 0 aliphatic heterocycles. The van der Waals surface area contributed by atoms with Gasteiger partial charge in [0.15, 0.2) is 0 Å². The third-order valence-corrected chi connectivity index (χ3v) is 5.81. The van der Waals surface area contributed by atoms with Crippen molar-refractivity contribution in [2.75, 3.05) is 0 Å². The molecule has 0 radical (unpaired) electrons. The average Bonchev–Trinajstić information content (AvgIpc) is 3.11. The van der Waals surface area contributed by atoms with Crippen molar-refractivity contribution in [2.45, 2.75) is 13.3 Å². The topological polar surface area (TPSA) is 48.9 Å². The van der Waals surface area contributed by atoms with Crippen molar-refractivity contribution in [1.29, 1.82) is 0 Å². The molecule has 2 heterocycles. The van der Waals surface area contributed by atoms with E-state index in [9.17, 15) is 9.59 Å². The largest absolute Gasteiger partial charge is 0.330 e. The summed E-state index contributed by atoms with van der Waals surface area (Å²) in [6.07, 6.45) is 2.64. The Balaban J connectivity index is 2.25. The molecule has 2 aromatic carbocycles. The van der Waals surface area contributed by atoms with Gasteiger partial charge in [-0.3, -0.25) is 13.9 Å². The van der Waals surface area contributed by atoms with Gasteiger partial charge < -0.3 is 4.57 Å². The van der Waals surface area contributed by atoms with E-state index < -0.39 is 0 Å². The lowest BCUT2D eigenvalue weighted by Crippen LogP contribution is -2.36. The fourth-order valence-corrected chi connectivity index (χ4v) is 4.22. The zero-order valence-corrected chi connectivity index (χ0v) is 17.8. The zero-order chi connectivity index (χ0) is 20.9. The Labute approximate surface area is 177 Å². The first-order chi connectivity index (χ1) is 13.8. The normalized spacial score (nSPS) is 11.3. The minimum absolute atomic E-state index is 0.364. The Kier molecular flexibility index (Phi) is 4.89. The van der Waals surface area contributed by atoms with Crippen molar-refractivity contribution in [3.63, 3.8) is 0 Å². The molecule has 0 saturated heterocycles. The molecule has 0 aliphatic rings. The molecule has 0 saturated carbocycles. The predicted octanol–water partition coefficient (Wildman–Crippen LogP) is 4.56. The van der Waals surface area contributed by atoms with Crippen LogP contribution < -0.4 is 11.2 Å². The van der Waals surface area contributed by atoms with Crippen LogP contribution in [0.5, 0.6) is 0 Å². The second kappa shape index (κ2) is 7.25. The van der Waals surface area contributed by atoms with Crippen LogP contribution in [-0.2, 0) is 20.5 Å². The first-order valence-corrected chi connectivity index (χ1v) is 9.95. The van der Waals surface area contributed by atoms with Crippen molar-refractivity contribution < 1.29 is 0 Å². The van der Waals surface area contributed by atoms with Crippen LogP contribution >= 0.6 is 23.2 Å². The van der Waals surface area contributed by atoms with E-state index in [1.807, 2.05) is 35.0 Å². The quantitative estimate of drug-likeness (QED) is 0.480. The van der Waals surface area contributed by atoms with Crippen molar-refractivity contribution in [2.24, 2.45) is 14.1 Å². The van der Waals surface area contributed by atoms with Crippen LogP contribution in [0.4, 0.5) is 0 Å². The van der Waals surface area contributed by atoms with Crippen molar-refractivity contribution in [1.82, 2.24) is 13.7 Å². The van der Waals surface area contributed by atoms with E-state index in [4.69, 9.17) is 23.2 Å². The summed E-state index contributed by atoms with van der Waals surface area (Å²) in [7, 11) is 3.14. The summed E-state index contributed by atoms with van der Waals surface area (Å²) in [6.45, 7) is 2.08. The van der Waals surface area contributed by atoms with E-state index in [0.717, 1.165) is 22.2 Å². The number of aromatic nitrogens is 3. The first kappa shape index (κ1) is 19.6. The SMILES string of the molecule is CCc1ccccc1-n1cc2c(c1-c1ccc(Cl)cc1Cl)c(=O)n(C)c(=O)n2C. The number of nitrogens with zero attached hydrogens (tertiary/aromatic N) is 3. The summed E-state index contributed by atoms with van der Waals surface area (Å²) in [6, 6.07) is 13.2. The Bertz CT molecular complexity index is 1380. The average molecular weight is 428 g/mol. The molecular weight excluding hydrogens is 409 g/mol. The number of aryl methyl sites for hydroxylation is 2. The van der Waals surface area contributed by atoms with Crippen molar-refractivity contribution >= 4 is 34.1 Å². The second-order valence-electron chi connectivity index (χ2n) is 6.92. The molecule has 0 amide bonds. The highest BCUT2D eigenvalue weighted by molar-refractivity contribution is 6.36. The Morgan fingerprint density at radius 2 is 1.69 bits per heavy atom. The minimum Gasteiger partial charge on any atom is -0.313 e. The lowest BCUT2D eigenvalue weighted by atomic mass is 10.1. The van der Waals surface area contributed by atoms with Crippen molar-refractivity contribution in [3.8, 4) is 16.9 Å². The molecule has 4 aromatic rings. The molecule has 29 heavy (non-hydrogen) atoms. The number of rotatable bonds is 3. The van der Waals surface area contributed by atoms with Gasteiger partial charge in [-0.2, -0.15) is 0 Å².